The smallest absolute Gasteiger partial charge is 0.255 e. The lowest BCUT2D eigenvalue weighted by Gasteiger charge is -2.11. The third-order valence-corrected chi connectivity index (χ3v) is 8.42. The lowest BCUT2D eigenvalue weighted by atomic mass is 10.1. The highest BCUT2D eigenvalue weighted by molar-refractivity contribution is 7.93. The average Bonchev–Trinajstić information content (AvgIpc) is 3.09. The van der Waals surface area contributed by atoms with Crippen molar-refractivity contribution in [2.24, 2.45) is 0 Å². The minimum Gasteiger partial charge on any atom is -0.255 e. The molecule has 172 valence electrons. The van der Waals surface area contributed by atoms with Gasteiger partial charge in [-0.15, -0.1) is 0 Å². The molecule has 0 unspecified atom stereocenters. The van der Waals surface area contributed by atoms with Gasteiger partial charge in [-0.3, -0.25) is 4.72 Å². The number of aromatic nitrogens is 1. The summed E-state index contributed by atoms with van der Waals surface area (Å²) in [5.74, 6) is -0.433. The molecule has 2 aromatic carbocycles. The van der Waals surface area contributed by atoms with Gasteiger partial charge >= 0.3 is 6.18 Å². The minimum absolute atomic E-state index is 0.0998. The van der Waals surface area contributed by atoms with Gasteiger partial charge in [-0.25, -0.2) is 21.8 Å². The van der Waals surface area contributed by atoms with Crippen molar-refractivity contribution >= 4 is 47.9 Å². The molecule has 0 fully saturated rings. The van der Waals surface area contributed by atoms with Crippen molar-refractivity contribution in [2.45, 2.75) is 22.4 Å². The highest BCUT2D eigenvalue weighted by Crippen LogP contribution is 2.35. The molecule has 0 spiro atoms. The highest BCUT2D eigenvalue weighted by atomic mass is 35.5. The summed E-state index contributed by atoms with van der Waals surface area (Å²) in [5.41, 5.74) is -0.720. The molecule has 1 heterocycles. The van der Waals surface area contributed by atoms with E-state index in [1.165, 1.54) is 0 Å². The van der Waals surface area contributed by atoms with Crippen molar-refractivity contribution < 1.29 is 34.4 Å². The van der Waals surface area contributed by atoms with Crippen LogP contribution in [0.3, 0.4) is 0 Å². The minimum atomic E-state index is -4.62. The largest absolute Gasteiger partial charge is 0.417 e. The number of sulfone groups is 1. The van der Waals surface area contributed by atoms with E-state index in [2.05, 4.69) is 9.71 Å². The SMILES string of the molecule is O=S(=O)(CCc1ccc(C(F)(F)F)c(Cl)c1)c1ccc(S(=O)(=O)Nc2ncc(F)s2)cc1. The molecule has 0 aliphatic carbocycles. The van der Waals surface area contributed by atoms with Gasteiger partial charge in [0.15, 0.2) is 20.1 Å². The number of anilines is 1. The van der Waals surface area contributed by atoms with Gasteiger partial charge < -0.3 is 0 Å². The molecule has 6 nitrogen and oxygen atoms in total. The lowest BCUT2D eigenvalue weighted by molar-refractivity contribution is -0.137. The van der Waals surface area contributed by atoms with E-state index in [0.29, 0.717) is 16.9 Å². The van der Waals surface area contributed by atoms with Crippen LogP contribution in [0.2, 0.25) is 5.02 Å². The summed E-state index contributed by atoms with van der Waals surface area (Å²) in [6.07, 6.45) is -3.87. The van der Waals surface area contributed by atoms with Gasteiger partial charge in [-0.2, -0.15) is 17.6 Å². The van der Waals surface area contributed by atoms with Crippen LogP contribution in [0.1, 0.15) is 11.1 Å². The summed E-state index contributed by atoms with van der Waals surface area (Å²) >= 11 is 6.13. The van der Waals surface area contributed by atoms with Crippen molar-refractivity contribution in [3.05, 3.63) is 69.9 Å². The highest BCUT2D eigenvalue weighted by Gasteiger charge is 2.33. The van der Waals surface area contributed by atoms with Crippen molar-refractivity contribution in [1.29, 1.82) is 0 Å². The second kappa shape index (κ2) is 8.96. The molecule has 0 amide bonds. The van der Waals surface area contributed by atoms with Crippen LogP contribution in [0.25, 0.3) is 0 Å². The molecule has 1 aromatic heterocycles. The zero-order valence-electron chi connectivity index (χ0n) is 15.7. The Hall–Kier alpha value is -2.22. The maximum Gasteiger partial charge on any atom is 0.417 e. The number of aryl methyl sites for hydroxylation is 1. The summed E-state index contributed by atoms with van der Waals surface area (Å²) in [7, 11) is -7.98. The molecule has 32 heavy (non-hydrogen) atoms. The van der Waals surface area contributed by atoms with Crippen molar-refractivity contribution in [3.63, 3.8) is 0 Å². The molecule has 0 atom stereocenters. The number of rotatable bonds is 7. The summed E-state index contributed by atoms with van der Waals surface area (Å²) in [5, 5.41) is -1.40. The van der Waals surface area contributed by atoms with Gasteiger partial charge in [0.2, 0.25) is 0 Å². The Morgan fingerprint density at radius 3 is 2.16 bits per heavy atom. The molecule has 0 saturated heterocycles. The number of alkyl halides is 3. The van der Waals surface area contributed by atoms with Crippen LogP contribution >= 0.6 is 22.9 Å². The van der Waals surface area contributed by atoms with Gasteiger partial charge in [-0.05, 0) is 48.4 Å². The number of hydrogen-bond acceptors (Lipinski definition) is 6. The first kappa shape index (κ1) is 24.4. The number of nitrogens with zero attached hydrogens (tertiary/aromatic N) is 1. The Kier molecular flexibility index (Phi) is 6.84. The fourth-order valence-electron chi connectivity index (χ4n) is 2.62. The summed E-state index contributed by atoms with van der Waals surface area (Å²) < 4.78 is 103. The van der Waals surface area contributed by atoms with Crippen LogP contribution in [0.5, 0.6) is 0 Å². The van der Waals surface area contributed by atoms with Crippen LogP contribution in [0.15, 0.2) is 58.5 Å². The predicted octanol–water partition coefficient (Wildman–Crippen LogP) is 4.77. The van der Waals surface area contributed by atoms with Crippen LogP contribution < -0.4 is 4.72 Å². The Bertz CT molecular complexity index is 1340. The number of hydrogen-bond donors (Lipinski definition) is 1. The molecule has 14 heteroatoms. The maximum absolute atomic E-state index is 13.0. The monoisotopic (exact) mass is 528 g/mol. The van der Waals surface area contributed by atoms with Crippen molar-refractivity contribution in [1.82, 2.24) is 4.98 Å². The molecule has 0 bridgehead atoms. The zero-order valence-corrected chi connectivity index (χ0v) is 18.9. The van der Waals surface area contributed by atoms with E-state index in [1.54, 1.807) is 0 Å². The molecule has 1 N–H and O–H groups in total. The molecule has 3 rings (SSSR count). The van der Waals surface area contributed by atoms with Gasteiger partial charge in [0.05, 0.1) is 32.3 Å². The Labute approximate surface area is 189 Å². The Morgan fingerprint density at radius 1 is 1.00 bits per heavy atom. The summed E-state index contributed by atoms with van der Waals surface area (Å²) in [6.45, 7) is 0. The third-order valence-electron chi connectivity index (χ3n) is 4.19. The first-order valence-corrected chi connectivity index (χ1v) is 12.9. The van der Waals surface area contributed by atoms with Gasteiger partial charge in [0.1, 0.15) is 0 Å². The average molecular weight is 529 g/mol. The lowest BCUT2D eigenvalue weighted by Crippen LogP contribution is -2.14. The standard InChI is InChI=1S/C18H13ClF4N2O4S3/c19-15-9-11(1-6-14(15)18(21,22)23)7-8-31(26,27)12-2-4-13(5-3-12)32(28,29)25-17-24-10-16(20)30-17/h1-6,9-10H,7-8H2,(H,24,25). The molecule has 0 aliphatic rings. The molecule has 0 radical (unpaired) electrons. The topological polar surface area (TPSA) is 93.2 Å². The second-order valence-corrected chi connectivity index (χ2v) is 11.6. The summed E-state index contributed by atoms with van der Waals surface area (Å²) in [6, 6.07) is 7.29. The fourth-order valence-corrected chi connectivity index (χ4v) is 6.00. The number of thiazole rings is 1. The van der Waals surface area contributed by atoms with E-state index in [-0.39, 0.29) is 21.3 Å². The van der Waals surface area contributed by atoms with E-state index >= 15 is 0 Å². The first-order valence-electron chi connectivity index (χ1n) is 8.60. The van der Waals surface area contributed by atoms with E-state index < -0.39 is 47.5 Å². The van der Waals surface area contributed by atoms with Gasteiger partial charge in [0.25, 0.3) is 10.0 Å². The number of sulfonamides is 1. The summed E-state index contributed by atoms with van der Waals surface area (Å²) in [4.78, 5) is 3.11. The van der Waals surface area contributed by atoms with Crippen LogP contribution in [-0.2, 0) is 32.5 Å². The van der Waals surface area contributed by atoms with E-state index in [9.17, 15) is 34.4 Å². The van der Waals surface area contributed by atoms with E-state index in [1.807, 2.05) is 0 Å². The molecular formula is C18H13ClF4N2O4S3. The molecular weight excluding hydrogens is 516 g/mol. The quantitative estimate of drug-likeness (QED) is 0.446. The van der Waals surface area contributed by atoms with E-state index in [4.69, 9.17) is 11.6 Å². The number of nitrogens with one attached hydrogen (secondary N) is 1. The van der Waals surface area contributed by atoms with Crippen LogP contribution in [0.4, 0.5) is 22.7 Å². The van der Waals surface area contributed by atoms with Gasteiger partial charge in [0, 0.05) is 0 Å². The number of benzene rings is 2. The Morgan fingerprint density at radius 2 is 1.62 bits per heavy atom. The van der Waals surface area contributed by atoms with Crippen LogP contribution in [-0.4, -0.2) is 27.6 Å². The molecule has 0 aliphatic heterocycles. The first-order chi connectivity index (χ1) is 14.8. The van der Waals surface area contributed by atoms with Crippen molar-refractivity contribution in [3.8, 4) is 0 Å². The van der Waals surface area contributed by atoms with Crippen molar-refractivity contribution in [2.75, 3.05) is 10.5 Å². The number of halogens is 5. The second-order valence-electron chi connectivity index (χ2n) is 6.43. The third kappa shape index (κ3) is 5.77. The predicted molar refractivity (Wildman–Crippen MR) is 112 cm³/mol. The van der Waals surface area contributed by atoms with E-state index in [0.717, 1.165) is 48.7 Å². The zero-order chi connectivity index (χ0) is 23.7. The Balaban J connectivity index is 1.72. The van der Waals surface area contributed by atoms with Gasteiger partial charge in [-0.1, -0.05) is 29.0 Å². The molecule has 0 saturated carbocycles. The fraction of sp³-hybridized carbons (Fsp3) is 0.167. The van der Waals surface area contributed by atoms with Crippen LogP contribution in [0, 0.1) is 5.13 Å². The molecule has 3 aromatic rings. The maximum atomic E-state index is 13.0. The normalized spacial score (nSPS) is 12.7.